The van der Waals surface area contributed by atoms with Crippen molar-refractivity contribution in [2.75, 3.05) is 19.7 Å². The fourth-order valence-corrected chi connectivity index (χ4v) is 7.47. The topological polar surface area (TPSA) is 64.4 Å². The number of piperidine rings is 1. The van der Waals surface area contributed by atoms with Crippen LogP contribution in [-0.2, 0) is 27.1 Å². The highest BCUT2D eigenvalue weighted by atomic mass is 32.2. The predicted molar refractivity (Wildman–Crippen MR) is 137 cm³/mol. The van der Waals surface area contributed by atoms with E-state index in [9.17, 15) is 8.42 Å². The molecule has 182 valence electrons. The number of thioether (sulfide) groups is 1. The smallest absolute Gasteiger partial charge is 0.243 e. The highest BCUT2D eigenvalue weighted by molar-refractivity contribution is 7.98. The Labute approximate surface area is 206 Å². The van der Waals surface area contributed by atoms with Gasteiger partial charge in [-0.25, -0.2) is 13.4 Å². The van der Waals surface area contributed by atoms with Crippen molar-refractivity contribution in [3.63, 3.8) is 0 Å². The summed E-state index contributed by atoms with van der Waals surface area (Å²) in [4.78, 5) is 5.25. The standard InChI is InChI=1S/C26H33N3O3S2/c1-19-7-9-21(10-8-19)18-33-26-27-24-15-23(34(30,31)28-13-3-5-20(2)16-28)11-12-25(24)29(26)17-22-6-4-14-32-22/h7-12,15,20,22H,3-6,13-14,16-18H2,1-2H3/t20-,22+/m0/s1. The molecule has 8 heteroatoms. The van der Waals surface area contributed by atoms with Gasteiger partial charge in [0.15, 0.2) is 5.16 Å². The van der Waals surface area contributed by atoms with Crippen LogP contribution in [0.5, 0.6) is 0 Å². The molecule has 2 atom stereocenters. The minimum Gasteiger partial charge on any atom is -0.376 e. The molecule has 2 fully saturated rings. The molecule has 0 unspecified atom stereocenters. The van der Waals surface area contributed by atoms with E-state index in [4.69, 9.17) is 9.72 Å². The van der Waals surface area contributed by atoms with Crippen molar-refractivity contribution in [1.29, 1.82) is 0 Å². The van der Waals surface area contributed by atoms with Gasteiger partial charge in [0.25, 0.3) is 0 Å². The molecule has 0 spiro atoms. The summed E-state index contributed by atoms with van der Waals surface area (Å²) in [6, 6.07) is 14.0. The molecule has 0 N–H and O–H groups in total. The van der Waals surface area contributed by atoms with Crippen LogP contribution in [0.15, 0.2) is 52.5 Å². The van der Waals surface area contributed by atoms with Crippen LogP contribution in [0, 0.1) is 12.8 Å². The summed E-state index contributed by atoms with van der Waals surface area (Å²) in [5.74, 6) is 1.20. The van der Waals surface area contributed by atoms with E-state index in [1.54, 1.807) is 28.2 Å². The van der Waals surface area contributed by atoms with Gasteiger partial charge < -0.3 is 9.30 Å². The lowest BCUT2D eigenvalue weighted by Crippen LogP contribution is -2.39. The Bertz CT molecular complexity index is 1250. The van der Waals surface area contributed by atoms with E-state index in [-0.39, 0.29) is 6.10 Å². The molecule has 0 radical (unpaired) electrons. The molecular formula is C26H33N3O3S2. The maximum Gasteiger partial charge on any atom is 0.243 e. The zero-order chi connectivity index (χ0) is 23.7. The van der Waals surface area contributed by atoms with Crippen molar-refractivity contribution in [1.82, 2.24) is 13.9 Å². The molecule has 6 nitrogen and oxygen atoms in total. The van der Waals surface area contributed by atoms with Crippen LogP contribution in [0.25, 0.3) is 11.0 Å². The summed E-state index contributed by atoms with van der Waals surface area (Å²) in [7, 11) is -3.52. The predicted octanol–water partition coefficient (Wildman–Crippen LogP) is 5.24. The van der Waals surface area contributed by atoms with Crippen LogP contribution >= 0.6 is 11.8 Å². The Morgan fingerprint density at radius 2 is 1.94 bits per heavy atom. The van der Waals surface area contributed by atoms with E-state index in [2.05, 4.69) is 42.7 Å². The minimum absolute atomic E-state index is 0.175. The Balaban J connectivity index is 1.46. The first kappa shape index (κ1) is 23.9. The lowest BCUT2D eigenvalue weighted by molar-refractivity contribution is 0.0960. The van der Waals surface area contributed by atoms with Gasteiger partial charge in [-0.15, -0.1) is 0 Å². The molecule has 2 aliphatic rings. The molecule has 2 aromatic carbocycles. The van der Waals surface area contributed by atoms with Crippen LogP contribution in [0.4, 0.5) is 0 Å². The normalized spacial score (nSPS) is 21.9. The molecule has 0 bridgehead atoms. The van der Waals surface area contributed by atoms with Crippen LogP contribution < -0.4 is 0 Å². The Kier molecular flexibility index (Phi) is 7.02. The number of sulfonamides is 1. The minimum atomic E-state index is -3.52. The number of aromatic nitrogens is 2. The lowest BCUT2D eigenvalue weighted by atomic mass is 10.0. The fraction of sp³-hybridized carbons (Fsp3) is 0.500. The monoisotopic (exact) mass is 499 g/mol. The maximum atomic E-state index is 13.4. The number of rotatable bonds is 7. The Hall–Kier alpha value is -1.87. The molecule has 2 aliphatic heterocycles. The molecule has 0 aliphatic carbocycles. The zero-order valence-electron chi connectivity index (χ0n) is 19.9. The van der Waals surface area contributed by atoms with E-state index in [0.29, 0.717) is 23.9 Å². The number of aryl methyl sites for hydroxylation is 1. The van der Waals surface area contributed by atoms with Gasteiger partial charge in [-0.1, -0.05) is 48.5 Å². The van der Waals surface area contributed by atoms with Gasteiger partial charge >= 0.3 is 0 Å². The van der Waals surface area contributed by atoms with E-state index >= 15 is 0 Å². The van der Waals surface area contributed by atoms with E-state index in [0.717, 1.165) is 60.8 Å². The average molecular weight is 500 g/mol. The van der Waals surface area contributed by atoms with E-state index < -0.39 is 10.0 Å². The first-order valence-corrected chi connectivity index (χ1v) is 14.6. The van der Waals surface area contributed by atoms with Crippen molar-refractivity contribution >= 4 is 32.8 Å². The number of hydrogen-bond acceptors (Lipinski definition) is 5. The Morgan fingerprint density at radius 3 is 2.68 bits per heavy atom. The summed E-state index contributed by atoms with van der Waals surface area (Å²) in [6.07, 6.45) is 4.30. The number of fused-ring (bicyclic) bond motifs is 1. The Morgan fingerprint density at radius 1 is 1.12 bits per heavy atom. The van der Waals surface area contributed by atoms with Gasteiger partial charge in [-0.2, -0.15) is 4.31 Å². The second-order valence-electron chi connectivity index (χ2n) is 9.68. The summed E-state index contributed by atoms with van der Waals surface area (Å²) in [5.41, 5.74) is 4.19. The number of imidazole rings is 1. The molecule has 1 aromatic heterocycles. The van der Waals surface area contributed by atoms with E-state index in [1.165, 1.54) is 11.1 Å². The molecule has 3 heterocycles. The van der Waals surface area contributed by atoms with Crippen molar-refractivity contribution in [2.45, 2.75) is 68.0 Å². The quantitative estimate of drug-likeness (QED) is 0.416. The molecule has 0 amide bonds. The third kappa shape index (κ3) is 5.05. The van der Waals surface area contributed by atoms with Gasteiger partial charge in [0.1, 0.15) is 0 Å². The highest BCUT2D eigenvalue weighted by Gasteiger charge is 2.29. The van der Waals surface area contributed by atoms with Crippen LogP contribution in [0.2, 0.25) is 0 Å². The first-order chi connectivity index (χ1) is 16.4. The van der Waals surface area contributed by atoms with Crippen molar-refractivity contribution in [3.05, 3.63) is 53.6 Å². The third-order valence-corrected chi connectivity index (χ3v) is 9.75. The molecular weight excluding hydrogens is 466 g/mol. The van der Waals surface area contributed by atoms with Gasteiger partial charge in [-0.3, -0.25) is 0 Å². The lowest BCUT2D eigenvalue weighted by Gasteiger charge is -2.30. The third-order valence-electron chi connectivity index (χ3n) is 6.84. The SMILES string of the molecule is Cc1ccc(CSc2nc3cc(S(=O)(=O)N4CCC[C@H](C)C4)ccc3n2C[C@H]2CCCO2)cc1. The van der Waals surface area contributed by atoms with E-state index in [1.807, 2.05) is 6.07 Å². The average Bonchev–Trinajstić information content (AvgIpc) is 3.46. The largest absolute Gasteiger partial charge is 0.376 e. The maximum absolute atomic E-state index is 13.4. The molecule has 0 saturated carbocycles. The van der Waals surface area contributed by atoms with Gasteiger partial charge in [-0.05, 0) is 62.3 Å². The summed E-state index contributed by atoms with van der Waals surface area (Å²) < 4.78 is 36.5. The molecule has 3 aromatic rings. The van der Waals surface area contributed by atoms with Crippen LogP contribution in [0.3, 0.4) is 0 Å². The van der Waals surface area contributed by atoms with Crippen LogP contribution in [0.1, 0.15) is 43.7 Å². The second kappa shape index (κ2) is 10.0. The number of hydrogen-bond donors (Lipinski definition) is 0. The summed E-state index contributed by atoms with van der Waals surface area (Å²) >= 11 is 1.69. The summed E-state index contributed by atoms with van der Waals surface area (Å²) in [5, 5.41) is 0.909. The molecule has 2 saturated heterocycles. The number of ether oxygens (including phenoxy) is 1. The fourth-order valence-electron chi connectivity index (χ4n) is 4.87. The van der Waals surface area contributed by atoms with Crippen molar-refractivity contribution in [3.8, 4) is 0 Å². The number of nitrogens with zero attached hydrogens (tertiary/aromatic N) is 3. The van der Waals surface area contributed by atoms with Crippen molar-refractivity contribution in [2.24, 2.45) is 5.92 Å². The highest BCUT2D eigenvalue weighted by Crippen LogP contribution is 2.31. The molecule has 5 rings (SSSR count). The second-order valence-corrected chi connectivity index (χ2v) is 12.6. The van der Waals surface area contributed by atoms with Crippen LogP contribution in [-0.4, -0.2) is 48.1 Å². The molecule has 34 heavy (non-hydrogen) atoms. The van der Waals surface area contributed by atoms with Gasteiger partial charge in [0, 0.05) is 25.4 Å². The first-order valence-electron chi connectivity index (χ1n) is 12.2. The van der Waals surface area contributed by atoms with Crippen molar-refractivity contribution < 1.29 is 13.2 Å². The number of benzene rings is 2. The zero-order valence-corrected chi connectivity index (χ0v) is 21.6. The van der Waals surface area contributed by atoms with Gasteiger partial charge in [0.05, 0.1) is 28.6 Å². The van der Waals surface area contributed by atoms with Gasteiger partial charge in [0.2, 0.25) is 10.0 Å². The summed E-state index contributed by atoms with van der Waals surface area (Å²) in [6.45, 7) is 6.94.